The number of aromatic nitrogens is 2. The van der Waals surface area contributed by atoms with E-state index >= 15 is 0 Å². The van der Waals surface area contributed by atoms with E-state index in [4.69, 9.17) is 16.3 Å². The van der Waals surface area contributed by atoms with E-state index in [2.05, 4.69) is 4.98 Å². The molecule has 0 spiro atoms. The zero-order valence-electron chi connectivity index (χ0n) is 11.6. The van der Waals surface area contributed by atoms with E-state index in [1.165, 1.54) is 12.1 Å². The van der Waals surface area contributed by atoms with Crippen LogP contribution in [0.1, 0.15) is 32.0 Å². The summed E-state index contributed by atoms with van der Waals surface area (Å²) in [5, 5.41) is -0.258. The van der Waals surface area contributed by atoms with Crippen molar-refractivity contribution in [2.45, 2.75) is 31.7 Å². The van der Waals surface area contributed by atoms with Crippen molar-refractivity contribution in [3.05, 3.63) is 29.8 Å². The lowest BCUT2D eigenvalue weighted by Crippen LogP contribution is -2.33. The van der Waals surface area contributed by atoms with Crippen LogP contribution >= 0.6 is 11.6 Å². The molecule has 19 heavy (non-hydrogen) atoms. The first-order valence-electron chi connectivity index (χ1n) is 6.18. The van der Waals surface area contributed by atoms with Gasteiger partial charge in [0.1, 0.15) is 11.6 Å². The predicted octanol–water partition coefficient (Wildman–Crippen LogP) is 3.86. The van der Waals surface area contributed by atoms with E-state index in [9.17, 15) is 4.39 Å². The molecule has 1 atom stereocenters. The van der Waals surface area contributed by atoms with Gasteiger partial charge in [0.15, 0.2) is 0 Å². The van der Waals surface area contributed by atoms with Gasteiger partial charge in [-0.2, -0.15) is 0 Å². The topological polar surface area (TPSA) is 27.1 Å². The van der Waals surface area contributed by atoms with Crippen molar-refractivity contribution >= 4 is 22.6 Å². The fourth-order valence-electron chi connectivity index (χ4n) is 2.39. The molecule has 104 valence electrons. The monoisotopic (exact) mass is 284 g/mol. The van der Waals surface area contributed by atoms with Crippen molar-refractivity contribution in [1.82, 2.24) is 9.55 Å². The van der Waals surface area contributed by atoms with Crippen molar-refractivity contribution in [3.63, 3.8) is 0 Å². The second kappa shape index (κ2) is 5.10. The van der Waals surface area contributed by atoms with E-state index < -0.39 is 0 Å². The Labute approximate surface area is 117 Å². The van der Waals surface area contributed by atoms with Crippen molar-refractivity contribution in [2.24, 2.45) is 0 Å². The summed E-state index contributed by atoms with van der Waals surface area (Å²) in [5.74, 6) is 0.430. The summed E-state index contributed by atoms with van der Waals surface area (Å²) in [6, 6.07) is 4.60. The van der Waals surface area contributed by atoms with Crippen LogP contribution in [0, 0.1) is 5.82 Å². The van der Waals surface area contributed by atoms with Gasteiger partial charge in [0.25, 0.3) is 0 Å². The molecule has 2 aromatic rings. The predicted molar refractivity (Wildman–Crippen MR) is 75.2 cm³/mol. The fraction of sp³-hybridized carbons (Fsp3) is 0.500. The van der Waals surface area contributed by atoms with Gasteiger partial charge in [-0.15, -0.1) is 11.6 Å². The van der Waals surface area contributed by atoms with Crippen LogP contribution in [-0.2, 0) is 10.3 Å². The molecule has 0 saturated heterocycles. The first kappa shape index (κ1) is 14.3. The standard InChI is InChI=1S/C14H18ClFN2O/c1-9(15)13-17-11-7-10(16)5-6-12(11)18(13)14(2,3)8-19-4/h5-7,9H,8H2,1-4H3. The quantitative estimate of drug-likeness (QED) is 0.797. The molecule has 0 N–H and O–H groups in total. The van der Waals surface area contributed by atoms with Gasteiger partial charge in [-0.25, -0.2) is 9.37 Å². The third-order valence-electron chi connectivity index (χ3n) is 3.10. The molecule has 0 radical (unpaired) electrons. The summed E-state index contributed by atoms with van der Waals surface area (Å²) >= 11 is 6.21. The first-order valence-corrected chi connectivity index (χ1v) is 6.62. The summed E-state index contributed by atoms with van der Waals surface area (Å²) in [6.45, 7) is 6.47. The number of alkyl halides is 1. The third kappa shape index (κ3) is 2.60. The maximum Gasteiger partial charge on any atom is 0.128 e. The minimum Gasteiger partial charge on any atom is -0.382 e. The number of ether oxygens (including phenoxy) is 1. The van der Waals surface area contributed by atoms with Crippen LogP contribution in [0.25, 0.3) is 11.0 Å². The van der Waals surface area contributed by atoms with Crippen LogP contribution in [0.15, 0.2) is 18.2 Å². The average Bonchev–Trinajstić information content (AvgIpc) is 2.67. The number of methoxy groups -OCH3 is 1. The number of benzene rings is 1. The Morgan fingerprint density at radius 2 is 2.16 bits per heavy atom. The van der Waals surface area contributed by atoms with Gasteiger partial charge in [-0.05, 0) is 32.9 Å². The average molecular weight is 285 g/mol. The summed E-state index contributed by atoms with van der Waals surface area (Å²) in [4.78, 5) is 4.46. The summed E-state index contributed by atoms with van der Waals surface area (Å²) < 4.78 is 20.6. The Morgan fingerprint density at radius 1 is 1.47 bits per heavy atom. The number of halogens is 2. The van der Waals surface area contributed by atoms with E-state index in [-0.39, 0.29) is 16.7 Å². The molecular weight excluding hydrogens is 267 g/mol. The molecule has 1 aromatic carbocycles. The van der Waals surface area contributed by atoms with Gasteiger partial charge in [0, 0.05) is 13.2 Å². The SMILES string of the molecule is COCC(C)(C)n1c(C(C)Cl)nc2cc(F)ccc21. The van der Waals surface area contributed by atoms with Gasteiger partial charge in [0.2, 0.25) is 0 Å². The molecule has 1 heterocycles. The van der Waals surface area contributed by atoms with Crippen LogP contribution < -0.4 is 0 Å². The highest BCUT2D eigenvalue weighted by Crippen LogP contribution is 2.31. The summed E-state index contributed by atoms with van der Waals surface area (Å²) in [5.41, 5.74) is 1.18. The first-order chi connectivity index (χ1) is 8.86. The fourth-order valence-corrected chi connectivity index (χ4v) is 2.54. The molecule has 0 fully saturated rings. The number of imidazole rings is 1. The zero-order valence-corrected chi connectivity index (χ0v) is 12.3. The normalized spacial score (nSPS) is 14.0. The lowest BCUT2D eigenvalue weighted by Gasteiger charge is -2.29. The number of hydrogen-bond donors (Lipinski definition) is 0. The summed E-state index contributed by atoms with van der Waals surface area (Å²) in [7, 11) is 1.66. The van der Waals surface area contributed by atoms with Gasteiger partial charge in [-0.3, -0.25) is 0 Å². The molecule has 1 unspecified atom stereocenters. The molecule has 0 aliphatic heterocycles. The Morgan fingerprint density at radius 3 is 2.74 bits per heavy atom. The molecule has 3 nitrogen and oxygen atoms in total. The van der Waals surface area contributed by atoms with Crippen LogP contribution in [0.2, 0.25) is 0 Å². The second-order valence-corrected chi connectivity index (χ2v) is 5.95. The van der Waals surface area contributed by atoms with Crippen molar-refractivity contribution < 1.29 is 9.13 Å². The molecule has 0 saturated carbocycles. The highest BCUT2D eigenvalue weighted by molar-refractivity contribution is 6.20. The molecule has 0 aliphatic carbocycles. The molecule has 1 aromatic heterocycles. The molecular formula is C14H18ClFN2O. The van der Waals surface area contributed by atoms with E-state index in [1.54, 1.807) is 13.2 Å². The van der Waals surface area contributed by atoms with Crippen LogP contribution in [0.4, 0.5) is 4.39 Å². The zero-order chi connectivity index (χ0) is 14.2. The number of rotatable bonds is 4. The summed E-state index contributed by atoms with van der Waals surface area (Å²) in [6.07, 6.45) is 0. The third-order valence-corrected chi connectivity index (χ3v) is 3.30. The lowest BCUT2D eigenvalue weighted by atomic mass is 10.1. The molecule has 0 bridgehead atoms. The van der Waals surface area contributed by atoms with Gasteiger partial charge in [0.05, 0.1) is 28.6 Å². The minimum absolute atomic E-state index is 0.258. The second-order valence-electron chi connectivity index (χ2n) is 5.30. The maximum absolute atomic E-state index is 13.3. The minimum atomic E-state index is -0.306. The highest BCUT2D eigenvalue weighted by atomic mass is 35.5. The Bertz CT molecular complexity index is 592. The molecule has 5 heteroatoms. The number of hydrogen-bond acceptors (Lipinski definition) is 2. The van der Waals surface area contributed by atoms with E-state index in [0.29, 0.717) is 12.1 Å². The Kier molecular flexibility index (Phi) is 3.83. The van der Waals surface area contributed by atoms with E-state index in [0.717, 1.165) is 11.3 Å². The van der Waals surface area contributed by atoms with Gasteiger partial charge < -0.3 is 9.30 Å². The van der Waals surface area contributed by atoms with Crippen molar-refractivity contribution in [2.75, 3.05) is 13.7 Å². The molecule has 0 amide bonds. The molecule has 0 aliphatic rings. The molecule has 2 rings (SSSR count). The van der Waals surface area contributed by atoms with Gasteiger partial charge in [-0.1, -0.05) is 0 Å². The highest BCUT2D eigenvalue weighted by Gasteiger charge is 2.27. The van der Waals surface area contributed by atoms with Crippen molar-refractivity contribution in [3.8, 4) is 0 Å². The Balaban J connectivity index is 2.72. The largest absolute Gasteiger partial charge is 0.382 e. The van der Waals surface area contributed by atoms with Crippen molar-refractivity contribution in [1.29, 1.82) is 0 Å². The van der Waals surface area contributed by atoms with Gasteiger partial charge >= 0.3 is 0 Å². The number of fused-ring (bicyclic) bond motifs is 1. The number of nitrogens with zero attached hydrogens (tertiary/aromatic N) is 2. The van der Waals surface area contributed by atoms with Crippen LogP contribution in [-0.4, -0.2) is 23.3 Å². The smallest absolute Gasteiger partial charge is 0.128 e. The van der Waals surface area contributed by atoms with Crippen LogP contribution in [0.5, 0.6) is 0 Å². The Hall–Kier alpha value is -1.13. The lowest BCUT2D eigenvalue weighted by molar-refractivity contribution is 0.110. The van der Waals surface area contributed by atoms with Crippen LogP contribution in [0.3, 0.4) is 0 Å². The van der Waals surface area contributed by atoms with E-state index in [1.807, 2.05) is 25.3 Å². The maximum atomic E-state index is 13.3.